The third kappa shape index (κ3) is 4.00. The number of sulfone groups is 1. The van der Waals surface area contributed by atoms with Crippen LogP contribution in [0.4, 0.5) is 0 Å². The van der Waals surface area contributed by atoms with Crippen LogP contribution in [-0.4, -0.2) is 49.4 Å². The molecular formula is C16H23NO4S. The van der Waals surface area contributed by atoms with Gasteiger partial charge in [-0.05, 0) is 39.3 Å². The number of amides is 1. The number of hydrogen-bond acceptors (Lipinski definition) is 4. The first-order valence-electron chi connectivity index (χ1n) is 7.56. The summed E-state index contributed by atoms with van der Waals surface area (Å²) in [5.41, 5.74) is 1.12. The molecule has 0 N–H and O–H groups in total. The molecule has 1 saturated heterocycles. The number of hydrogen-bond donors (Lipinski definition) is 0. The summed E-state index contributed by atoms with van der Waals surface area (Å²) in [6.07, 6.45) is -0.120. The lowest BCUT2D eigenvalue weighted by Gasteiger charge is -2.29. The highest BCUT2D eigenvalue weighted by atomic mass is 32.2. The van der Waals surface area contributed by atoms with Crippen molar-refractivity contribution >= 4 is 15.7 Å². The maximum Gasteiger partial charge on any atom is 0.263 e. The van der Waals surface area contributed by atoms with E-state index in [2.05, 4.69) is 0 Å². The molecule has 0 spiro atoms. The second-order valence-electron chi connectivity index (χ2n) is 5.75. The van der Waals surface area contributed by atoms with Crippen LogP contribution >= 0.6 is 0 Å². The summed E-state index contributed by atoms with van der Waals surface area (Å²) in [5, 5.41) is 0. The first-order chi connectivity index (χ1) is 10.3. The number of benzene rings is 1. The Kier molecular flexibility index (Phi) is 5.11. The van der Waals surface area contributed by atoms with Crippen molar-refractivity contribution in [3.05, 3.63) is 29.8 Å². The summed E-state index contributed by atoms with van der Waals surface area (Å²) >= 11 is 0. The minimum atomic E-state index is -3.01. The molecular weight excluding hydrogens is 302 g/mol. The van der Waals surface area contributed by atoms with Gasteiger partial charge in [-0.2, -0.15) is 0 Å². The van der Waals surface area contributed by atoms with E-state index in [4.69, 9.17) is 4.74 Å². The van der Waals surface area contributed by atoms with Gasteiger partial charge in [-0.25, -0.2) is 8.42 Å². The van der Waals surface area contributed by atoms with Crippen LogP contribution in [0.25, 0.3) is 0 Å². The van der Waals surface area contributed by atoms with Gasteiger partial charge in [0.2, 0.25) is 0 Å². The van der Waals surface area contributed by atoms with Crippen LogP contribution in [0.5, 0.6) is 5.75 Å². The summed E-state index contributed by atoms with van der Waals surface area (Å²) in [7, 11) is -3.01. The maximum absolute atomic E-state index is 12.5. The minimum absolute atomic E-state index is 0.0594. The van der Waals surface area contributed by atoms with E-state index in [1.807, 2.05) is 38.1 Å². The van der Waals surface area contributed by atoms with Crippen molar-refractivity contribution in [2.24, 2.45) is 0 Å². The van der Waals surface area contributed by atoms with E-state index in [1.165, 1.54) is 0 Å². The molecule has 2 unspecified atom stereocenters. The molecule has 2 rings (SSSR count). The molecule has 1 heterocycles. The second-order valence-corrected chi connectivity index (χ2v) is 7.98. The molecule has 1 aromatic carbocycles. The molecule has 1 fully saturated rings. The molecule has 0 aromatic heterocycles. The second kappa shape index (κ2) is 6.69. The lowest BCUT2D eigenvalue weighted by molar-refractivity contribution is -0.139. The van der Waals surface area contributed by atoms with Crippen molar-refractivity contribution in [3.8, 4) is 5.75 Å². The van der Waals surface area contributed by atoms with Crippen molar-refractivity contribution in [1.82, 2.24) is 4.90 Å². The molecule has 1 amide bonds. The number of likely N-dealkylation sites (N-methyl/N-ethyl adjacent to an activating group) is 1. The Morgan fingerprint density at radius 1 is 1.36 bits per heavy atom. The fraction of sp³-hybridized carbons (Fsp3) is 0.562. The first kappa shape index (κ1) is 16.8. The molecule has 1 aliphatic rings. The largest absolute Gasteiger partial charge is 0.481 e. The van der Waals surface area contributed by atoms with Crippen molar-refractivity contribution in [2.45, 2.75) is 39.3 Å². The van der Waals surface area contributed by atoms with Crippen LogP contribution in [0.1, 0.15) is 25.8 Å². The Morgan fingerprint density at radius 3 is 2.50 bits per heavy atom. The molecule has 6 heteroatoms. The van der Waals surface area contributed by atoms with E-state index in [0.717, 1.165) is 5.56 Å². The average molecular weight is 325 g/mol. The zero-order valence-corrected chi connectivity index (χ0v) is 14.1. The van der Waals surface area contributed by atoms with E-state index >= 15 is 0 Å². The van der Waals surface area contributed by atoms with Gasteiger partial charge in [-0.15, -0.1) is 0 Å². The Balaban J connectivity index is 2.03. The van der Waals surface area contributed by atoms with Crippen molar-refractivity contribution < 1.29 is 17.9 Å². The quantitative estimate of drug-likeness (QED) is 0.828. The normalized spacial score (nSPS) is 21.3. The molecule has 0 bridgehead atoms. The third-order valence-corrected chi connectivity index (χ3v) is 5.70. The lowest BCUT2D eigenvalue weighted by Crippen LogP contribution is -2.46. The highest BCUT2D eigenvalue weighted by Crippen LogP contribution is 2.20. The first-order valence-corrected chi connectivity index (χ1v) is 9.39. The summed E-state index contributed by atoms with van der Waals surface area (Å²) in [5.74, 6) is 0.699. The Labute approximate surface area is 132 Å². The maximum atomic E-state index is 12.5. The van der Waals surface area contributed by atoms with Gasteiger partial charge in [-0.3, -0.25) is 4.79 Å². The number of nitrogens with zero attached hydrogens (tertiary/aromatic N) is 1. The van der Waals surface area contributed by atoms with Crippen LogP contribution in [-0.2, 0) is 14.6 Å². The molecule has 1 aliphatic heterocycles. The van der Waals surface area contributed by atoms with Crippen molar-refractivity contribution in [1.29, 1.82) is 0 Å². The topological polar surface area (TPSA) is 63.7 Å². The highest BCUT2D eigenvalue weighted by molar-refractivity contribution is 7.91. The van der Waals surface area contributed by atoms with Gasteiger partial charge in [0, 0.05) is 12.6 Å². The third-order valence-electron chi connectivity index (χ3n) is 3.95. The smallest absolute Gasteiger partial charge is 0.263 e. The minimum Gasteiger partial charge on any atom is -0.481 e. The molecule has 1 aromatic rings. The van der Waals surface area contributed by atoms with Gasteiger partial charge in [0.05, 0.1) is 11.5 Å². The van der Waals surface area contributed by atoms with Crippen molar-refractivity contribution in [3.63, 3.8) is 0 Å². The fourth-order valence-corrected chi connectivity index (χ4v) is 4.45. The molecule has 2 atom stereocenters. The predicted molar refractivity (Wildman–Crippen MR) is 85.7 cm³/mol. The highest BCUT2D eigenvalue weighted by Gasteiger charge is 2.35. The number of aryl methyl sites for hydroxylation is 1. The van der Waals surface area contributed by atoms with E-state index in [9.17, 15) is 13.2 Å². The Hall–Kier alpha value is -1.56. The Morgan fingerprint density at radius 2 is 2.00 bits per heavy atom. The van der Waals surface area contributed by atoms with Gasteiger partial charge in [0.25, 0.3) is 5.91 Å². The molecule has 0 radical (unpaired) electrons. The number of carbonyl (C=O) groups excluding carboxylic acids is 1. The molecule has 0 saturated carbocycles. The zero-order chi connectivity index (χ0) is 16.3. The molecule has 5 nitrogen and oxygen atoms in total. The summed E-state index contributed by atoms with van der Waals surface area (Å²) < 4.78 is 28.9. The van der Waals surface area contributed by atoms with Crippen LogP contribution in [0.15, 0.2) is 24.3 Å². The number of ether oxygens (including phenoxy) is 1. The van der Waals surface area contributed by atoms with Gasteiger partial charge in [0.1, 0.15) is 5.75 Å². The zero-order valence-electron chi connectivity index (χ0n) is 13.3. The molecule has 122 valence electrons. The van der Waals surface area contributed by atoms with E-state index in [-0.39, 0.29) is 23.5 Å². The summed E-state index contributed by atoms with van der Waals surface area (Å²) in [6, 6.07) is 7.28. The van der Waals surface area contributed by atoms with Crippen LogP contribution in [0.2, 0.25) is 0 Å². The van der Waals surface area contributed by atoms with Crippen molar-refractivity contribution in [2.75, 3.05) is 18.1 Å². The summed E-state index contributed by atoms with van der Waals surface area (Å²) in [6.45, 7) is 6.04. The molecule has 22 heavy (non-hydrogen) atoms. The number of carbonyl (C=O) groups is 1. The van der Waals surface area contributed by atoms with Gasteiger partial charge in [0.15, 0.2) is 15.9 Å². The lowest BCUT2D eigenvalue weighted by atomic mass is 10.2. The summed E-state index contributed by atoms with van der Waals surface area (Å²) in [4.78, 5) is 14.2. The van der Waals surface area contributed by atoms with Gasteiger partial charge < -0.3 is 9.64 Å². The van der Waals surface area contributed by atoms with Crippen LogP contribution < -0.4 is 4.74 Å². The Bertz CT molecular complexity index is 624. The van der Waals surface area contributed by atoms with E-state index in [0.29, 0.717) is 18.7 Å². The predicted octanol–water partition coefficient (Wildman–Crippen LogP) is 1.80. The standard InChI is InChI=1S/C16H23NO4S/c1-4-17(14-9-10-22(19,20)11-14)16(18)13(3)21-15-7-5-12(2)6-8-15/h5-8,13-14H,4,9-11H2,1-3H3. The van der Waals surface area contributed by atoms with E-state index < -0.39 is 15.9 Å². The monoisotopic (exact) mass is 325 g/mol. The fourth-order valence-electron chi connectivity index (χ4n) is 2.72. The number of rotatable bonds is 5. The van der Waals surface area contributed by atoms with Gasteiger partial charge >= 0.3 is 0 Å². The molecule has 0 aliphatic carbocycles. The average Bonchev–Trinajstić information content (AvgIpc) is 2.82. The van der Waals surface area contributed by atoms with E-state index in [1.54, 1.807) is 11.8 Å². The SMILES string of the molecule is CCN(C(=O)C(C)Oc1ccc(C)cc1)C1CCS(=O)(=O)C1. The van der Waals surface area contributed by atoms with Gasteiger partial charge in [-0.1, -0.05) is 17.7 Å². The van der Waals surface area contributed by atoms with Crippen LogP contribution in [0, 0.1) is 6.92 Å². The van der Waals surface area contributed by atoms with Crippen LogP contribution in [0.3, 0.4) is 0 Å².